The average Bonchev–Trinajstić information content (AvgIpc) is 2.17. The number of unbranched alkanes of at least 4 members (excludes halogenated alkanes) is 4. The number of halogens is 1. The Morgan fingerprint density at radius 3 is 2.47 bits per heavy atom. The summed E-state index contributed by atoms with van der Waals surface area (Å²) in [7, 11) is 3.93. The first-order chi connectivity index (χ1) is 7.20. The summed E-state index contributed by atoms with van der Waals surface area (Å²) in [6, 6.07) is 0. The molecule has 0 saturated heterocycles. The molecule has 0 rings (SSSR count). The third-order valence-electron chi connectivity index (χ3n) is 2.50. The van der Waals surface area contributed by atoms with E-state index in [4.69, 9.17) is 4.74 Å². The number of hydrogen-bond donors (Lipinski definition) is 0. The summed E-state index contributed by atoms with van der Waals surface area (Å²) >= 11 is 3.61. The largest absolute Gasteiger partial charge is 0.383 e. The molecule has 0 saturated carbocycles. The normalized spacial score (nSPS) is 13.4. The Morgan fingerprint density at radius 1 is 1.20 bits per heavy atom. The number of nitrogens with zero attached hydrogens (tertiary/aromatic N) is 1. The van der Waals surface area contributed by atoms with Gasteiger partial charge < -0.3 is 9.64 Å². The molecule has 3 heteroatoms. The molecule has 0 spiro atoms. The quantitative estimate of drug-likeness (QED) is 0.450. The molecule has 0 aromatic carbocycles. The summed E-state index contributed by atoms with van der Waals surface area (Å²) in [5, 5.41) is 0. The van der Waals surface area contributed by atoms with Crippen molar-refractivity contribution in [2.75, 3.05) is 33.9 Å². The lowest BCUT2D eigenvalue weighted by molar-refractivity contribution is 0.185. The van der Waals surface area contributed by atoms with Crippen LogP contribution in [0.1, 0.15) is 39.0 Å². The summed E-state index contributed by atoms with van der Waals surface area (Å²) in [5.41, 5.74) is 0. The predicted molar refractivity (Wildman–Crippen MR) is 70.8 cm³/mol. The maximum absolute atomic E-state index is 5.09. The van der Waals surface area contributed by atoms with Crippen LogP contribution in [0.5, 0.6) is 0 Å². The van der Waals surface area contributed by atoms with Crippen molar-refractivity contribution >= 4 is 15.9 Å². The number of methoxy groups -OCH3 is 1. The molecule has 0 aliphatic heterocycles. The second-order valence-corrected chi connectivity index (χ2v) is 5.52. The Morgan fingerprint density at radius 2 is 1.87 bits per heavy atom. The van der Waals surface area contributed by atoms with E-state index >= 15 is 0 Å². The zero-order valence-corrected chi connectivity index (χ0v) is 12.1. The molecule has 92 valence electrons. The third-order valence-corrected chi connectivity index (χ3v) is 3.05. The van der Waals surface area contributed by atoms with Crippen LogP contribution in [0.3, 0.4) is 0 Å². The van der Waals surface area contributed by atoms with E-state index in [9.17, 15) is 0 Å². The second-order valence-electron chi connectivity index (χ2n) is 4.23. The molecule has 0 amide bonds. The Hall–Kier alpha value is 0.400. The van der Waals surface area contributed by atoms with Gasteiger partial charge in [0, 0.05) is 13.7 Å². The predicted octanol–water partition coefficient (Wildman–Crippen LogP) is 3.30. The van der Waals surface area contributed by atoms with Gasteiger partial charge in [0.15, 0.2) is 0 Å². The lowest BCUT2D eigenvalue weighted by Gasteiger charge is -2.19. The number of rotatable bonds is 10. The van der Waals surface area contributed by atoms with Crippen molar-refractivity contribution < 1.29 is 4.74 Å². The molecule has 1 unspecified atom stereocenters. The highest BCUT2D eigenvalue weighted by atomic mass is 79.9. The summed E-state index contributed by atoms with van der Waals surface area (Å²) in [5.74, 6) is 0. The molecular weight excluding hydrogens is 254 g/mol. The molecule has 0 fully saturated rings. The Kier molecular flexibility index (Phi) is 11.2. The summed E-state index contributed by atoms with van der Waals surface area (Å²) in [6.45, 7) is 5.32. The SMILES string of the molecule is CCCCCCCN(C)CC(Br)COC. The fourth-order valence-corrected chi connectivity index (χ4v) is 2.41. The smallest absolute Gasteiger partial charge is 0.0600 e. The maximum Gasteiger partial charge on any atom is 0.0600 e. The van der Waals surface area contributed by atoms with E-state index in [2.05, 4.69) is 34.8 Å². The van der Waals surface area contributed by atoms with Crippen LogP contribution in [0, 0.1) is 0 Å². The molecule has 0 aliphatic carbocycles. The van der Waals surface area contributed by atoms with E-state index in [-0.39, 0.29) is 0 Å². The molecule has 2 nitrogen and oxygen atoms in total. The van der Waals surface area contributed by atoms with Gasteiger partial charge in [-0.15, -0.1) is 0 Å². The van der Waals surface area contributed by atoms with Gasteiger partial charge in [-0.3, -0.25) is 0 Å². The number of alkyl halides is 1. The minimum absolute atomic E-state index is 0.461. The highest BCUT2D eigenvalue weighted by Gasteiger charge is 2.06. The molecule has 0 N–H and O–H groups in total. The van der Waals surface area contributed by atoms with Crippen LogP contribution in [-0.4, -0.2) is 43.6 Å². The van der Waals surface area contributed by atoms with Gasteiger partial charge in [0.05, 0.1) is 11.4 Å². The standard InChI is InChI=1S/C12H26BrNO/c1-4-5-6-7-8-9-14(2)10-12(13)11-15-3/h12H,4-11H2,1-3H3. The minimum atomic E-state index is 0.461. The summed E-state index contributed by atoms with van der Waals surface area (Å²) in [6.07, 6.45) is 6.79. The maximum atomic E-state index is 5.09. The van der Waals surface area contributed by atoms with Gasteiger partial charge in [0.1, 0.15) is 0 Å². The van der Waals surface area contributed by atoms with Crippen molar-refractivity contribution in [2.24, 2.45) is 0 Å². The average molecular weight is 280 g/mol. The Bertz CT molecular complexity index is 133. The van der Waals surface area contributed by atoms with Gasteiger partial charge in [-0.2, -0.15) is 0 Å². The van der Waals surface area contributed by atoms with E-state index in [0.29, 0.717) is 4.83 Å². The first kappa shape index (κ1) is 15.4. The van der Waals surface area contributed by atoms with Crippen LogP contribution in [0.2, 0.25) is 0 Å². The van der Waals surface area contributed by atoms with Crippen molar-refractivity contribution in [2.45, 2.75) is 43.9 Å². The van der Waals surface area contributed by atoms with Gasteiger partial charge in [0.25, 0.3) is 0 Å². The zero-order valence-electron chi connectivity index (χ0n) is 10.5. The topological polar surface area (TPSA) is 12.5 Å². The van der Waals surface area contributed by atoms with Crippen molar-refractivity contribution in [3.8, 4) is 0 Å². The molecule has 0 radical (unpaired) electrons. The van der Waals surface area contributed by atoms with E-state index < -0.39 is 0 Å². The van der Waals surface area contributed by atoms with Gasteiger partial charge in [0.2, 0.25) is 0 Å². The van der Waals surface area contributed by atoms with Crippen LogP contribution in [0.25, 0.3) is 0 Å². The van der Waals surface area contributed by atoms with Gasteiger partial charge in [-0.05, 0) is 20.0 Å². The van der Waals surface area contributed by atoms with Crippen molar-refractivity contribution in [1.29, 1.82) is 0 Å². The van der Waals surface area contributed by atoms with Crippen molar-refractivity contribution in [3.05, 3.63) is 0 Å². The molecule has 0 aliphatic rings. The molecule has 0 aromatic heterocycles. The fraction of sp³-hybridized carbons (Fsp3) is 1.00. The van der Waals surface area contributed by atoms with Crippen molar-refractivity contribution in [3.63, 3.8) is 0 Å². The van der Waals surface area contributed by atoms with Crippen LogP contribution < -0.4 is 0 Å². The highest BCUT2D eigenvalue weighted by Crippen LogP contribution is 2.06. The molecule has 0 aromatic rings. The molecule has 0 bridgehead atoms. The molecule has 15 heavy (non-hydrogen) atoms. The molecular formula is C12H26BrNO. The van der Waals surface area contributed by atoms with Crippen LogP contribution >= 0.6 is 15.9 Å². The van der Waals surface area contributed by atoms with E-state index in [1.165, 1.54) is 38.6 Å². The lowest BCUT2D eigenvalue weighted by Crippen LogP contribution is -2.29. The first-order valence-corrected chi connectivity index (χ1v) is 6.93. The monoisotopic (exact) mass is 279 g/mol. The first-order valence-electron chi connectivity index (χ1n) is 6.02. The Balaban J connectivity index is 3.28. The van der Waals surface area contributed by atoms with Crippen LogP contribution in [0.15, 0.2) is 0 Å². The van der Waals surface area contributed by atoms with Gasteiger partial charge in [-0.25, -0.2) is 0 Å². The molecule has 0 heterocycles. The number of ether oxygens (including phenoxy) is 1. The fourth-order valence-electron chi connectivity index (χ4n) is 1.65. The van der Waals surface area contributed by atoms with E-state index in [1.807, 2.05) is 0 Å². The molecule has 1 atom stereocenters. The van der Waals surface area contributed by atoms with Crippen molar-refractivity contribution in [1.82, 2.24) is 4.90 Å². The second kappa shape index (κ2) is 10.9. The van der Waals surface area contributed by atoms with E-state index in [1.54, 1.807) is 7.11 Å². The highest BCUT2D eigenvalue weighted by molar-refractivity contribution is 9.09. The summed E-state index contributed by atoms with van der Waals surface area (Å²) < 4.78 is 5.09. The van der Waals surface area contributed by atoms with Crippen LogP contribution in [-0.2, 0) is 4.74 Å². The zero-order chi connectivity index (χ0) is 11.5. The lowest BCUT2D eigenvalue weighted by atomic mass is 10.1. The minimum Gasteiger partial charge on any atom is -0.383 e. The van der Waals surface area contributed by atoms with Crippen LogP contribution in [0.4, 0.5) is 0 Å². The van der Waals surface area contributed by atoms with Gasteiger partial charge in [-0.1, -0.05) is 48.5 Å². The van der Waals surface area contributed by atoms with E-state index in [0.717, 1.165) is 13.2 Å². The Labute approximate surface area is 103 Å². The van der Waals surface area contributed by atoms with Gasteiger partial charge >= 0.3 is 0 Å². The third kappa shape index (κ3) is 10.7. The summed E-state index contributed by atoms with van der Waals surface area (Å²) in [4.78, 5) is 2.84. The number of hydrogen-bond acceptors (Lipinski definition) is 2.